The number of nitrogens with zero attached hydrogens (tertiary/aromatic N) is 1. The minimum absolute atomic E-state index is 0.743. The van der Waals surface area contributed by atoms with Gasteiger partial charge in [-0.15, -0.1) is 0 Å². The Hall–Kier alpha value is -2.67. The molecule has 0 saturated carbocycles. The van der Waals surface area contributed by atoms with Crippen LogP contribution in [-0.4, -0.2) is 4.98 Å². The van der Waals surface area contributed by atoms with Gasteiger partial charge in [0.2, 0.25) is 0 Å². The Morgan fingerprint density at radius 2 is 1.42 bits per heavy atom. The van der Waals surface area contributed by atoms with E-state index < -0.39 is 11.8 Å². The van der Waals surface area contributed by atoms with Crippen LogP contribution in [0.3, 0.4) is 0 Å². The van der Waals surface area contributed by atoms with Crippen molar-refractivity contribution >= 4 is 21.5 Å². The highest BCUT2D eigenvalue weighted by Crippen LogP contribution is 2.34. The van der Waals surface area contributed by atoms with Gasteiger partial charge in [0.25, 0.3) is 0 Å². The molecule has 1 nitrogen and oxygen atoms in total. The molecule has 0 radical (unpaired) electrons. The third kappa shape index (κ3) is 2.88. The highest BCUT2D eigenvalue weighted by atomic mass is 14.7. The van der Waals surface area contributed by atoms with Crippen molar-refractivity contribution in [3.05, 3.63) is 78.0 Å². The number of rotatable bonds is 3. The molecule has 26 heavy (non-hydrogen) atoms. The van der Waals surface area contributed by atoms with Crippen LogP contribution in [-0.2, 0) is 0 Å². The average molecular weight is 341 g/mol. The zero-order valence-electron chi connectivity index (χ0n) is 17.8. The minimum atomic E-state index is -0.743. The molecule has 0 bridgehead atoms. The smallest absolute Gasteiger partial charge is 0.0780 e. The molecule has 3 aromatic carbocycles. The van der Waals surface area contributed by atoms with Gasteiger partial charge in [0.1, 0.15) is 0 Å². The van der Waals surface area contributed by atoms with Crippen LogP contribution in [0.15, 0.2) is 66.9 Å². The predicted molar refractivity (Wildman–Crippen MR) is 113 cm³/mol. The summed E-state index contributed by atoms with van der Waals surface area (Å²) in [6.07, 6.45) is 1.86. The first-order valence-corrected chi connectivity index (χ1v) is 9.07. The number of hydrogen-bond acceptors (Lipinski definition) is 1. The van der Waals surface area contributed by atoms with E-state index >= 15 is 0 Å². The summed E-state index contributed by atoms with van der Waals surface area (Å²) in [7, 11) is 0. The first kappa shape index (κ1) is 14.5. The van der Waals surface area contributed by atoms with E-state index in [2.05, 4.69) is 54.6 Å². The molecule has 0 amide bonds. The van der Waals surface area contributed by atoms with E-state index in [1.54, 1.807) is 0 Å². The molecule has 0 atom stereocenters. The highest BCUT2D eigenvalue weighted by molar-refractivity contribution is 6.11. The van der Waals surface area contributed by atoms with Crippen LogP contribution in [0.25, 0.3) is 32.8 Å². The molecule has 0 saturated heterocycles. The van der Waals surface area contributed by atoms with Gasteiger partial charge in [0, 0.05) is 19.9 Å². The van der Waals surface area contributed by atoms with Gasteiger partial charge in [-0.05, 0) is 57.3 Å². The van der Waals surface area contributed by atoms with Crippen molar-refractivity contribution in [2.24, 2.45) is 0 Å². The number of pyridine rings is 1. The molecule has 0 aliphatic heterocycles. The van der Waals surface area contributed by atoms with Crippen molar-refractivity contribution in [1.82, 2.24) is 4.98 Å². The molecule has 0 aliphatic rings. The Labute approximate surface area is 158 Å². The van der Waals surface area contributed by atoms with Gasteiger partial charge in [-0.25, -0.2) is 0 Å². The van der Waals surface area contributed by atoms with Crippen LogP contribution < -0.4 is 0 Å². The first-order chi connectivity index (χ1) is 13.1. The van der Waals surface area contributed by atoms with E-state index in [4.69, 9.17) is 7.73 Å². The Morgan fingerprint density at radius 1 is 0.731 bits per heavy atom. The summed E-state index contributed by atoms with van der Waals surface area (Å²) < 4.78 is 17.0. The minimum Gasteiger partial charge on any atom is -0.256 e. The molecular formula is C25H25N. The molecule has 0 spiro atoms. The molecule has 1 aromatic heterocycles. The van der Waals surface area contributed by atoms with Crippen LogP contribution in [0.2, 0.25) is 0 Å². The van der Waals surface area contributed by atoms with Gasteiger partial charge < -0.3 is 0 Å². The topological polar surface area (TPSA) is 12.9 Å². The molecule has 4 rings (SSSR count). The molecule has 1 heterocycles. The molecule has 0 aliphatic carbocycles. The quantitative estimate of drug-likeness (QED) is 0.356. The highest BCUT2D eigenvalue weighted by Gasteiger charge is 2.12. The molecule has 0 fully saturated rings. The summed E-state index contributed by atoms with van der Waals surface area (Å²) in [5, 5.41) is 4.68. The second-order valence-electron chi connectivity index (χ2n) is 7.34. The van der Waals surface area contributed by atoms with Gasteiger partial charge in [0.05, 0.1) is 5.69 Å². The zero-order chi connectivity index (χ0) is 20.1. The fourth-order valence-electron chi connectivity index (χ4n) is 3.51. The van der Waals surface area contributed by atoms with Gasteiger partial charge in [-0.3, -0.25) is 4.98 Å². The Bertz CT molecular complexity index is 1150. The van der Waals surface area contributed by atoms with E-state index in [0.717, 1.165) is 27.8 Å². The van der Waals surface area contributed by atoms with E-state index in [-0.39, 0.29) is 0 Å². The standard InChI is InChI=1S/C25H25N/c1-16(2)19-13-20(17(3)4)15-21(14-19)25-24-10-9-18-7-5-6-8-22(18)23(24)11-12-26-25/h5-17H,1-4H3/i16D,17D. The summed E-state index contributed by atoms with van der Waals surface area (Å²) in [5.74, 6) is -1.49. The van der Waals surface area contributed by atoms with Crippen molar-refractivity contribution < 1.29 is 2.74 Å². The van der Waals surface area contributed by atoms with Crippen LogP contribution in [0.5, 0.6) is 0 Å². The molecule has 1 heteroatoms. The zero-order valence-corrected chi connectivity index (χ0v) is 15.8. The maximum atomic E-state index is 8.52. The molecule has 130 valence electrons. The van der Waals surface area contributed by atoms with Crippen molar-refractivity contribution in [2.75, 3.05) is 0 Å². The van der Waals surface area contributed by atoms with Gasteiger partial charge >= 0.3 is 0 Å². The van der Waals surface area contributed by atoms with Crippen LogP contribution in [0.4, 0.5) is 0 Å². The lowest BCUT2D eigenvalue weighted by atomic mass is 9.91. The number of aromatic nitrogens is 1. The van der Waals surface area contributed by atoms with Crippen molar-refractivity contribution in [1.29, 1.82) is 0 Å². The summed E-state index contributed by atoms with van der Waals surface area (Å²) >= 11 is 0. The van der Waals surface area contributed by atoms with Crippen molar-refractivity contribution in [3.63, 3.8) is 0 Å². The van der Waals surface area contributed by atoms with Gasteiger partial charge in [0.15, 0.2) is 0 Å². The number of fused-ring (bicyclic) bond motifs is 3. The average Bonchev–Trinajstić information content (AvgIpc) is 2.65. The van der Waals surface area contributed by atoms with Gasteiger partial charge in [-0.1, -0.05) is 70.2 Å². The predicted octanol–water partition coefficient (Wildman–Crippen LogP) is 7.30. The second-order valence-corrected chi connectivity index (χ2v) is 7.34. The van der Waals surface area contributed by atoms with Gasteiger partial charge in [-0.2, -0.15) is 0 Å². The Balaban J connectivity index is 2.04. The lowest BCUT2D eigenvalue weighted by molar-refractivity contribution is 0.834. The molecule has 4 aromatic rings. The van der Waals surface area contributed by atoms with Crippen molar-refractivity contribution in [3.8, 4) is 11.3 Å². The summed E-state index contributed by atoms with van der Waals surface area (Å²) in [6.45, 7) is 7.54. The lowest BCUT2D eigenvalue weighted by Gasteiger charge is -2.15. The fraction of sp³-hybridized carbons (Fsp3) is 0.240. The number of hydrogen-bond donors (Lipinski definition) is 0. The lowest BCUT2D eigenvalue weighted by Crippen LogP contribution is -1.96. The third-order valence-electron chi connectivity index (χ3n) is 5.03. The SMILES string of the molecule is [2H]C(C)(C)c1cc(-c2nccc3c2ccc2ccccc23)cc(C([2H])(C)C)c1. The largest absolute Gasteiger partial charge is 0.256 e. The van der Waals surface area contributed by atoms with E-state index in [1.165, 1.54) is 16.2 Å². The van der Waals surface area contributed by atoms with Crippen molar-refractivity contribution in [2.45, 2.75) is 39.5 Å². The van der Waals surface area contributed by atoms with Crippen LogP contribution in [0.1, 0.15) is 53.4 Å². The van der Waals surface area contributed by atoms with Crippen LogP contribution in [0, 0.1) is 0 Å². The Kier molecular flexibility index (Phi) is 3.66. The summed E-state index contributed by atoms with van der Waals surface area (Å²) in [6, 6.07) is 20.8. The Morgan fingerprint density at radius 3 is 2.12 bits per heavy atom. The van der Waals surface area contributed by atoms with E-state index in [9.17, 15) is 0 Å². The van der Waals surface area contributed by atoms with E-state index in [1.807, 2.05) is 40.0 Å². The summed E-state index contributed by atoms with van der Waals surface area (Å²) in [4.78, 5) is 4.71. The monoisotopic (exact) mass is 341 g/mol. The fourth-order valence-corrected chi connectivity index (χ4v) is 3.51. The normalized spacial score (nSPS) is 13.7. The molecule has 0 N–H and O–H groups in total. The first-order valence-electron chi connectivity index (χ1n) is 10.1. The van der Waals surface area contributed by atoms with Crippen LogP contribution >= 0.6 is 0 Å². The van der Waals surface area contributed by atoms with E-state index in [0.29, 0.717) is 0 Å². The number of benzene rings is 3. The maximum Gasteiger partial charge on any atom is 0.0780 e. The molecular weight excluding hydrogens is 314 g/mol. The second kappa shape index (κ2) is 6.57. The molecule has 0 unspecified atom stereocenters. The summed E-state index contributed by atoms with van der Waals surface area (Å²) in [5.41, 5.74) is 3.67. The maximum absolute atomic E-state index is 8.52. The third-order valence-corrected chi connectivity index (χ3v) is 5.03.